The van der Waals surface area contributed by atoms with Crippen LogP contribution in [0.5, 0.6) is 0 Å². The Morgan fingerprint density at radius 2 is 1.41 bits per heavy atom. The van der Waals surface area contributed by atoms with Gasteiger partial charge < -0.3 is 9.84 Å². The van der Waals surface area contributed by atoms with Crippen LogP contribution in [0.25, 0.3) is 0 Å². The van der Waals surface area contributed by atoms with Crippen molar-refractivity contribution in [2.45, 2.75) is 70.5 Å². The van der Waals surface area contributed by atoms with E-state index in [4.69, 9.17) is 4.74 Å². The molecule has 0 radical (unpaired) electrons. The number of carbonyl (C=O) groups excluding carboxylic acids is 1. The molecule has 0 aromatic carbocycles. The number of carbonyl (C=O) groups is 1. The first-order valence-electron chi connectivity index (χ1n) is 7.00. The summed E-state index contributed by atoms with van der Waals surface area (Å²) < 4.78 is 5.26. The van der Waals surface area contributed by atoms with E-state index in [-0.39, 0.29) is 18.2 Å². The van der Waals surface area contributed by atoms with Crippen LogP contribution >= 0.6 is 0 Å². The molecule has 0 spiro atoms. The molecule has 0 amide bonds. The second kappa shape index (κ2) is 5.85. The van der Waals surface area contributed by atoms with Crippen molar-refractivity contribution in [3.05, 3.63) is 0 Å². The Morgan fingerprint density at radius 1 is 0.941 bits per heavy atom. The largest absolute Gasteiger partial charge is 0.463 e. The number of esters is 1. The van der Waals surface area contributed by atoms with Crippen LogP contribution in [0.2, 0.25) is 0 Å². The summed E-state index contributed by atoms with van der Waals surface area (Å²) >= 11 is 0. The number of rotatable bonds is 2. The van der Waals surface area contributed by atoms with Gasteiger partial charge in [0.2, 0.25) is 0 Å². The molecule has 2 aliphatic carbocycles. The zero-order chi connectivity index (χ0) is 12.3. The maximum Gasteiger partial charge on any atom is 0.302 e. The molecule has 2 saturated carbocycles. The minimum Gasteiger partial charge on any atom is -0.463 e. The Morgan fingerprint density at radius 3 is 1.88 bits per heavy atom. The fraction of sp³-hybridized carbons (Fsp3) is 0.929. The van der Waals surface area contributed by atoms with Crippen molar-refractivity contribution < 1.29 is 14.6 Å². The molecule has 0 bridgehead atoms. The van der Waals surface area contributed by atoms with Gasteiger partial charge in [-0.05, 0) is 63.2 Å². The van der Waals surface area contributed by atoms with E-state index in [0.717, 1.165) is 37.5 Å². The summed E-state index contributed by atoms with van der Waals surface area (Å²) in [6.45, 7) is 1.49. The molecule has 0 aliphatic heterocycles. The summed E-state index contributed by atoms with van der Waals surface area (Å²) in [6, 6.07) is 0. The van der Waals surface area contributed by atoms with E-state index >= 15 is 0 Å². The van der Waals surface area contributed by atoms with Gasteiger partial charge in [0.25, 0.3) is 0 Å². The lowest BCUT2D eigenvalue weighted by Gasteiger charge is -2.36. The van der Waals surface area contributed by atoms with Gasteiger partial charge in [0, 0.05) is 6.92 Å². The molecule has 0 saturated heterocycles. The monoisotopic (exact) mass is 240 g/mol. The van der Waals surface area contributed by atoms with Crippen molar-refractivity contribution in [3.8, 4) is 0 Å². The summed E-state index contributed by atoms with van der Waals surface area (Å²) in [5.41, 5.74) is 0. The summed E-state index contributed by atoms with van der Waals surface area (Å²) in [6.07, 6.45) is 8.89. The predicted molar refractivity (Wildman–Crippen MR) is 65.5 cm³/mol. The van der Waals surface area contributed by atoms with Gasteiger partial charge in [-0.25, -0.2) is 0 Å². The van der Waals surface area contributed by atoms with E-state index < -0.39 is 0 Å². The lowest BCUT2D eigenvalue weighted by molar-refractivity contribution is -0.148. The quantitative estimate of drug-likeness (QED) is 0.755. The number of aliphatic hydroxyl groups is 1. The topological polar surface area (TPSA) is 46.5 Å². The summed E-state index contributed by atoms with van der Waals surface area (Å²) in [5, 5.41) is 9.51. The lowest BCUT2D eigenvalue weighted by Crippen LogP contribution is -2.30. The molecule has 3 heteroatoms. The average Bonchev–Trinajstić information content (AvgIpc) is 2.30. The molecule has 0 heterocycles. The van der Waals surface area contributed by atoms with E-state index in [0.29, 0.717) is 0 Å². The van der Waals surface area contributed by atoms with Gasteiger partial charge in [-0.15, -0.1) is 0 Å². The fourth-order valence-corrected chi connectivity index (χ4v) is 3.49. The van der Waals surface area contributed by atoms with E-state index in [1.54, 1.807) is 0 Å². The van der Waals surface area contributed by atoms with E-state index in [1.165, 1.54) is 32.6 Å². The lowest BCUT2D eigenvalue weighted by atomic mass is 9.72. The Hall–Kier alpha value is -0.570. The van der Waals surface area contributed by atoms with Crippen LogP contribution in [-0.2, 0) is 9.53 Å². The van der Waals surface area contributed by atoms with Crippen molar-refractivity contribution in [2.75, 3.05) is 0 Å². The smallest absolute Gasteiger partial charge is 0.302 e. The van der Waals surface area contributed by atoms with Gasteiger partial charge in [-0.2, -0.15) is 0 Å². The van der Waals surface area contributed by atoms with E-state index in [9.17, 15) is 9.90 Å². The first-order valence-corrected chi connectivity index (χ1v) is 7.00. The third-order valence-corrected chi connectivity index (χ3v) is 4.46. The minimum atomic E-state index is -0.144. The third kappa shape index (κ3) is 3.70. The molecule has 2 rings (SSSR count). The van der Waals surface area contributed by atoms with Crippen molar-refractivity contribution in [1.82, 2.24) is 0 Å². The van der Waals surface area contributed by atoms with Crippen LogP contribution in [-0.4, -0.2) is 23.3 Å². The molecule has 2 fully saturated rings. The van der Waals surface area contributed by atoms with Crippen LogP contribution in [0.4, 0.5) is 0 Å². The van der Waals surface area contributed by atoms with Crippen LogP contribution in [0.3, 0.4) is 0 Å². The predicted octanol–water partition coefficient (Wildman–Crippen LogP) is 2.66. The van der Waals surface area contributed by atoms with E-state index in [2.05, 4.69) is 0 Å². The molecule has 2 aliphatic rings. The normalized spacial score (nSPS) is 38.7. The Balaban J connectivity index is 1.73. The van der Waals surface area contributed by atoms with Crippen molar-refractivity contribution in [2.24, 2.45) is 11.8 Å². The molecule has 3 nitrogen and oxygen atoms in total. The Kier molecular flexibility index (Phi) is 4.43. The maximum atomic E-state index is 10.9. The zero-order valence-electron chi connectivity index (χ0n) is 10.7. The van der Waals surface area contributed by atoms with Crippen LogP contribution < -0.4 is 0 Å². The van der Waals surface area contributed by atoms with Crippen molar-refractivity contribution in [3.63, 3.8) is 0 Å². The number of ether oxygens (including phenoxy) is 1. The number of hydrogen-bond donors (Lipinski definition) is 1. The molecule has 1 N–H and O–H groups in total. The highest BCUT2D eigenvalue weighted by atomic mass is 16.5. The van der Waals surface area contributed by atoms with Gasteiger partial charge in [-0.3, -0.25) is 4.79 Å². The molecular formula is C14H24O3. The second-order valence-electron chi connectivity index (χ2n) is 5.71. The van der Waals surface area contributed by atoms with Crippen LogP contribution in [0.15, 0.2) is 0 Å². The van der Waals surface area contributed by atoms with Gasteiger partial charge in [-0.1, -0.05) is 0 Å². The molecule has 98 valence electrons. The first-order chi connectivity index (χ1) is 8.15. The van der Waals surface area contributed by atoms with Crippen LogP contribution in [0, 0.1) is 11.8 Å². The fourth-order valence-electron chi connectivity index (χ4n) is 3.49. The van der Waals surface area contributed by atoms with E-state index in [1.807, 2.05) is 0 Å². The Bertz CT molecular complexity index is 248. The maximum absolute atomic E-state index is 10.9. The summed E-state index contributed by atoms with van der Waals surface area (Å²) in [7, 11) is 0. The summed E-state index contributed by atoms with van der Waals surface area (Å²) in [4.78, 5) is 10.9. The SMILES string of the molecule is CC(=O)OC1CCC(C2CCC(O)CC2)CC1. The first kappa shape index (κ1) is 12.9. The third-order valence-electron chi connectivity index (χ3n) is 4.46. The molecule has 0 atom stereocenters. The number of aliphatic hydroxyl groups excluding tert-OH is 1. The van der Waals surface area contributed by atoms with Gasteiger partial charge in [0.05, 0.1) is 6.10 Å². The van der Waals surface area contributed by atoms with Crippen LogP contribution in [0.1, 0.15) is 58.3 Å². The molecule has 0 aromatic rings. The van der Waals surface area contributed by atoms with Crippen molar-refractivity contribution in [1.29, 1.82) is 0 Å². The molecule has 17 heavy (non-hydrogen) atoms. The van der Waals surface area contributed by atoms with Gasteiger partial charge >= 0.3 is 5.97 Å². The summed E-state index contributed by atoms with van der Waals surface area (Å²) in [5.74, 6) is 1.46. The minimum absolute atomic E-state index is 0.0522. The molecular weight excluding hydrogens is 216 g/mol. The standard InChI is InChI=1S/C14H24O3/c1-10(15)17-14-8-4-12(5-9-14)11-2-6-13(16)7-3-11/h11-14,16H,2-9H2,1H3. The highest BCUT2D eigenvalue weighted by molar-refractivity contribution is 5.66. The Labute approximate surface area is 104 Å². The average molecular weight is 240 g/mol. The highest BCUT2D eigenvalue weighted by Gasteiger charge is 2.31. The highest BCUT2D eigenvalue weighted by Crippen LogP contribution is 2.38. The second-order valence-corrected chi connectivity index (χ2v) is 5.71. The number of hydrogen-bond acceptors (Lipinski definition) is 3. The zero-order valence-corrected chi connectivity index (χ0v) is 10.7. The van der Waals surface area contributed by atoms with Gasteiger partial charge in [0.1, 0.15) is 6.10 Å². The van der Waals surface area contributed by atoms with Gasteiger partial charge in [0.15, 0.2) is 0 Å². The molecule has 0 unspecified atom stereocenters. The molecule has 0 aromatic heterocycles. The van der Waals surface area contributed by atoms with Crippen molar-refractivity contribution >= 4 is 5.97 Å².